The van der Waals surface area contributed by atoms with Crippen LogP contribution in [0.25, 0.3) is 0 Å². The van der Waals surface area contributed by atoms with Gasteiger partial charge in [-0.3, -0.25) is 15.0 Å². The maximum absolute atomic E-state index is 10.6. The minimum atomic E-state index is -0.427. The Balaban J connectivity index is 0.00000180. The van der Waals surface area contributed by atoms with E-state index in [2.05, 4.69) is 17.1 Å². The van der Waals surface area contributed by atoms with E-state index in [9.17, 15) is 10.1 Å². The molecular formula is C12H17Cl2N3O2. The van der Waals surface area contributed by atoms with Crippen LogP contribution in [0.4, 0.5) is 5.69 Å². The Hall–Kier alpha value is -0.880. The minimum Gasteiger partial charge on any atom is -0.314 e. The molecule has 0 spiro atoms. The van der Waals surface area contributed by atoms with Crippen LogP contribution in [0.1, 0.15) is 12.5 Å². The van der Waals surface area contributed by atoms with E-state index in [0.717, 1.165) is 31.7 Å². The molecule has 5 nitrogen and oxygen atoms in total. The van der Waals surface area contributed by atoms with Gasteiger partial charge in [0.05, 0.1) is 9.95 Å². The number of halogens is 2. The summed E-state index contributed by atoms with van der Waals surface area (Å²) in [5.74, 6) is 0. The number of nitro groups is 1. The smallest absolute Gasteiger partial charge is 0.270 e. The molecule has 0 aliphatic carbocycles. The molecule has 1 aliphatic rings. The van der Waals surface area contributed by atoms with Crippen LogP contribution in [0.5, 0.6) is 0 Å². The number of piperazine rings is 1. The number of benzene rings is 1. The van der Waals surface area contributed by atoms with Crippen LogP contribution in [0.3, 0.4) is 0 Å². The van der Waals surface area contributed by atoms with Gasteiger partial charge < -0.3 is 5.32 Å². The van der Waals surface area contributed by atoms with Crippen molar-refractivity contribution in [3.63, 3.8) is 0 Å². The van der Waals surface area contributed by atoms with Crippen LogP contribution < -0.4 is 5.32 Å². The van der Waals surface area contributed by atoms with Gasteiger partial charge in [-0.15, -0.1) is 12.4 Å². The summed E-state index contributed by atoms with van der Waals surface area (Å²) in [7, 11) is 0. The topological polar surface area (TPSA) is 58.4 Å². The number of non-ortho nitro benzene ring substituents is 1. The summed E-state index contributed by atoms with van der Waals surface area (Å²) in [6.07, 6.45) is 0. The lowest BCUT2D eigenvalue weighted by Crippen LogP contribution is -2.49. The normalized spacial score (nSPS) is 19.8. The monoisotopic (exact) mass is 305 g/mol. The first kappa shape index (κ1) is 16.2. The van der Waals surface area contributed by atoms with Gasteiger partial charge in [0.15, 0.2) is 0 Å². The summed E-state index contributed by atoms with van der Waals surface area (Å²) in [6, 6.07) is 5.12. The molecular weight excluding hydrogens is 289 g/mol. The summed E-state index contributed by atoms with van der Waals surface area (Å²) in [4.78, 5) is 12.5. The molecule has 0 radical (unpaired) electrons. The third-order valence-electron chi connectivity index (χ3n) is 3.26. The molecule has 1 aliphatic heterocycles. The van der Waals surface area contributed by atoms with Gasteiger partial charge >= 0.3 is 0 Å². The molecule has 2 rings (SSSR count). The van der Waals surface area contributed by atoms with Crippen LogP contribution in [0.2, 0.25) is 5.02 Å². The Bertz CT molecular complexity index is 457. The number of hydrogen-bond donors (Lipinski definition) is 1. The predicted octanol–water partition coefficient (Wildman–Crippen LogP) is 2.46. The lowest BCUT2D eigenvalue weighted by Gasteiger charge is -2.34. The van der Waals surface area contributed by atoms with Gasteiger partial charge in [0.2, 0.25) is 0 Å². The Labute approximate surface area is 123 Å². The summed E-state index contributed by atoms with van der Waals surface area (Å²) in [5.41, 5.74) is 0.980. The first-order chi connectivity index (χ1) is 8.58. The first-order valence-electron chi connectivity index (χ1n) is 5.95. The molecule has 106 valence electrons. The molecule has 7 heteroatoms. The molecule has 1 heterocycles. The van der Waals surface area contributed by atoms with Crippen molar-refractivity contribution in [2.45, 2.75) is 19.5 Å². The van der Waals surface area contributed by atoms with Gasteiger partial charge in [0.1, 0.15) is 0 Å². The van der Waals surface area contributed by atoms with Crippen LogP contribution in [0, 0.1) is 10.1 Å². The fourth-order valence-corrected chi connectivity index (χ4v) is 2.35. The third kappa shape index (κ3) is 4.04. The van der Waals surface area contributed by atoms with Crippen LogP contribution in [-0.4, -0.2) is 35.5 Å². The predicted molar refractivity (Wildman–Crippen MR) is 78.1 cm³/mol. The van der Waals surface area contributed by atoms with E-state index in [1.807, 2.05) is 0 Å². The molecule has 1 atom stereocenters. The molecule has 0 amide bonds. The Morgan fingerprint density at radius 2 is 2.32 bits per heavy atom. The molecule has 0 aromatic heterocycles. The van der Waals surface area contributed by atoms with Crippen molar-refractivity contribution in [1.82, 2.24) is 10.2 Å². The summed E-state index contributed by atoms with van der Waals surface area (Å²) in [6.45, 7) is 5.79. The lowest BCUT2D eigenvalue weighted by molar-refractivity contribution is -0.384. The van der Waals surface area contributed by atoms with Crippen LogP contribution >= 0.6 is 24.0 Å². The molecule has 1 N–H and O–H groups in total. The zero-order valence-electron chi connectivity index (χ0n) is 10.6. The van der Waals surface area contributed by atoms with Gasteiger partial charge in [-0.05, 0) is 18.6 Å². The molecule has 0 bridgehead atoms. The number of nitrogens with one attached hydrogen (secondary N) is 1. The van der Waals surface area contributed by atoms with Crippen molar-refractivity contribution in [2.24, 2.45) is 0 Å². The molecule has 0 saturated carbocycles. The fourth-order valence-electron chi connectivity index (χ4n) is 2.11. The van der Waals surface area contributed by atoms with E-state index >= 15 is 0 Å². The number of rotatable bonds is 3. The second-order valence-corrected chi connectivity index (χ2v) is 4.96. The fraction of sp³-hybridized carbons (Fsp3) is 0.500. The number of nitro benzene ring substituents is 1. The van der Waals surface area contributed by atoms with Crippen molar-refractivity contribution >= 4 is 29.7 Å². The van der Waals surface area contributed by atoms with Gasteiger partial charge in [0, 0.05) is 44.4 Å². The van der Waals surface area contributed by atoms with E-state index in [1.165, 1.54) is 12.1 Å². The van der Waals surface area contributed by atoms with Gasteiger partial charge in [-0.25, -0.2) is 0 Å². The first-order valence-corrected chi connectivity index (χ1v) is 6.33. The zero-order valence-corrected chi connectivity index (χ0v) is 12.2. The third-order valence-corrected chi connectivity index (χ3v) is 3.61. The average Bonchev–Trinajstić information content (AvgIpc) is 2.34. The van der Waals surface area contributed by atoms with E-state index in [-0.39, 0.29) is 18.1 Å². The standard InChI is InChI=1S/C12H16ClN3O2.ClH/c1-9-7-14-4-5-15(9)8-10-2-3-11(16(17)18)6-12(10)13;/h2-3,6,9,14H,4-5,7-8H2,1H3;1H/t9-;/m1./s1. The highest BCUT2D eigenvalue weighted by Crippen LogP contribution is 2.24. The largest absolute Gasteiger partial charge is 0.314 e. The second-order valence-electron chi connectivity index (χ2n) is 4.56. The molecule has 0 unspecified atom stereocenters. The van der Waals surface area contributed by atoms with E-state index < -0.39 is 4.92 Å². The minimum absolute atomic E-state index is 0. The van der Waals surface area contributed by atoms with Gasteiger partial charge in [-0.2, -0.15) is 0 Å². The van der Waals surface area contributed by atoms with Crippen molar-refractivity contribution < 1.29 is 4.92 Å². The highest BCUT2D eigenvalue weighted by Gasteiger charge is 2.19. The zero-order chi connectivity index (χ0) is 13.1. The van der Waals surface area contributed by atoms with Gasteiger partial charge in [0.25, 0.3) is 5.69 Å². The van der Waals surface area contributed by atoms with Crippen molar-refractivity contribution in [2.75, 3.05) is 19.6 Å². The summed E-state index contributed by atoms with van der Waals surface area (Å²) in [5, 5.41) is 14.4. The maximum Gasteiger partial charge on any atom is 0.270 e. The SMILES string of the molecule is C[C@@H]1CNCCN1Cc1ccc([N+](=O)[O-])cc1Cl.Cl. The van der Waals surface area contributed by atoms with Crippen molar-refractivity contribution in [3.8, 4) is 0 Å². The van der Waals surface area contributed by atoms with Crippen molar-refractivity contribution in [3.05, 3.63) is 38.9 Å². The molecule has 1 aromatic carbocycles. The Kier molecular flexibility index (Phi) is 6.00. The molecule has 1 aromatic rings. The van der Waals surface area contributed by atoms with E-state index in [4.69, 9.17) is 11.6 Å². The summed E-state index contributed by atoms with van der Waals surface area (Å²) >= 11 is 6.09. The average molecular weight is 306 g/mol. The molecule has 1 fully saturated rings. The number of nitrogens with zero attached hydrogens (tertiary/aromatic N) is 2. The maximum atomic E-state index is 10.6. The second kappa shape index (κ2) is 7.05. The lowest BCUT2D eigenvalue weighted by atomic mass is 10.1. The summed E-state index contributed by atoms with van der Waals surface area (Å²) < 4.78 is 0. The molecule has 1 saturated heterocycles. The van der Waals surface area contributed by atoms with Gasteiger partial charge in [-0.1, -0.05) is 11.6 Å². The number of hydrogen-bond acceptors (Lipinski definition) is 4. The highest BCUT2D eigenvalue weighted by atomic mass is 35.5. The quantitative estimate of drug-likeness (QED) is 0.688. The van der Waals surface area contributed by atoms with Crippen LogP contribution in [-0.2, 0) is 6.54 Å². The molecule has 19 heavy (non-hydrogen) atoms. The van der Waals surface area contributed by atoms with E-state index in [1.54, 1.807) is 6.07 Å². The highest BCUT2D eigenvalue weighted by molar-refractivity contribution is 6.31. The van der Waals surface area contributed by atoms with E-state index in [0.29, 0.717) is 11.1 Å². The Morgan fingerprint density at radius 1 is 1.58 bits per heavy atom. The van der Waals surface area contributed by atoms with Crippen LogP contribution in [0.15, 0.2) is 18.2 Å². The van der Waals surface area contributed by atoms with Crippen molar-refractivity contribution in [1.29, 1.82) is 0 Å². The Morgan fingerprint density at radius 3 is 2.89 bits per heavy atom.